The summed E-state index contributed by atoms with van der Waals surface area (Å²) in [6, 6.07) is 16.1. The van der Waals surface area contributed by atoms with E-state index in [0.717, 1.165) is 11.1 Å². The quantitative estimate of drug-likeness (QED) is 0.785. The van der Waals surface area contributed by atoms with E-state index in [-0.39, 0.29) is 4.90 Å². The van der Waals surface area contributed by atoms with Crippen LogP contribution in [-0.2, 0) is 14.3 Å². The van der Waals surface area contributed by atoms with Crippen molar-refractivity contribution >= 4 is 10.1 Å². The monoisotopic (exact) mass is 290 g/mol. The fourth-order valence-corrected chi connectivity index (χ4v) is 3.07. The van der Waals surface area contributed by atoms with Crippen LogP contribution >= 0.6 is 0 Å². The molecule has 0 fully saturated rings. The topological polar surface area (TPSA) is 43.4 Å². The van der Waals surface area contributed by atoms with Crippen LogP contribution in [0.25, 0.3) is 0 Å². The molecule has 1 atom stereocenters. The number of benzene rings is 2. The van der Waals surface area contributed by atoms with Crippen LogP contribution in [0.3, 0.4) is 0 Å². The highest BCUT2D eigenvalue weighted by Crippen LogP contribution is 2.26. The van der Waals surface area contributed by atoms with Gasteiger partial charge in [-0.25, -0.2) is 0 Å². The average molecular weight is 290 g/mol. The lowest BCUT2D eigenvalue weighted by molar-refractivity contribution is 0.209. The zero-order chi connectivity index (χ0) is 14.6. The molecule has 0 aliphatic rings. The summed E-state index contributed by atoms with van der Waals surface area (Å²) in [4.78, 5) is 0.192. The molecule has 0 bridgehead atoms. The first kappa shape index (κ1) is 14.8. The number of hydrogen-bond acceptors (Lipinski definition) is 3. The Hall–Kier alpha value is -1.65. The van der Waals surface area contributed by atoms with Gasteiger partial charge in [-0.05, 0) is 31.0 Å². The predicted molar refractivity (Wildman–Crippen MR) is 78.9 cm³/mol. The van der Waals surface area contributed by atoms with E-state index < -0.39 is 16.2 Å². The van der Waals surface area contributed by atoms with E-state index in [1.807, 2.05) is 44.2 Å². The van der Waals surface area contributed by atoms with E-state index in [1.54, 1.807) is 24.3 Å². The highest BCUT2D eigenvalue weighted by Gasteiger charge is 2.21. The largest absolute Gasteiger partial charge is 0.297 e. The Morgan fingerprint density at radius 1 is 1.00 bits per heavy atom. The van der Waals surface area contributed by atoms with Gasteiger partial charge in [-0.1, -0.05) is 55.0 Å². The maximum Gasteiger partial charge on any atom is 0.297 e. The molecule has 0 aliphatic heterocycles. The van der Waals surface area contributed by atoms with Crippen molar-refractivity contribution in [2.75, 3.05) is 0 Å². The van der Waals surface area contributed by atoms with Crippen LogP contribution in [0.2, 0.25) is 0 Å². The van der Waals surface area contributed by atoms with E-state index in [2.05, 4.69) is 0 Å². The van der Waals surface area contributed by atoms with E-state index in [4.69, 9.17) is 4.18 Å². The van der Waals surface area contributed by atoms with Crippen molar-refractivity contribution in [2.45, 2.75) is 31.3 Å². The summed E-state index contributed by atoms with van der Waals surface area (Å²) in [7, 11) is -3.74. The van der Waals surface area contributed by atoms with Crippen molar-refractivity contribution in [3.8, 4) is 0 Å². The molecule has 0 saturated carbocycles. The molecule has 106 valence electrons. The van der Waals surface area contributed by atoms with Crippen LogP contribution < -0.4 is 0 Å². The van der Waals surface area contributed by atoms with E-state index in [0.29, 0.717) is 6.42 Å². The van der Waals surface area contributed by atoms with Crippen molar-refractivity contribution < 1.29 is 12.6 Å². The number of rotatable bonds is 5. The fourth-order valence-electron chi connectivity index (χ4n) is 1.94. The van der Waals surface area contributed by atoms with Crippen molar-refractivity contribution in [1.82, 2.24) is 0 Å². The summed E-state index contributed by atoms with van der Waals surface area (Å²) in [5.74, 6) is 0. The molecule has 0 saturated heterocycles. The molecular weight excluding hydrogens is 272 g/mol. The highest BCUT2D eigenvalue weighted by molar-refractivity contribution is 7.86. The molecule has 2 aromatic rings. The van der Waals surface area contributed by atoms with Crippen LogP contribution in [0.1, 0.15) is 30.6 Å². The first-order valence-electron chi connectivity index (χ1n) is 6.58. The molecule has 0 N–H and O–H groups in total. The van der Waals surface area contributed by atoms with Gasteiger partial charge in [-0.15, -0.1) is 0 Å². The summed E-state index contributed by atoms with van der Waals surface area (Å²) in [5, 5.41) is 0. The Bertz CT molecular complexity index is 646. The Morgan fingerprint density at radius 2 is 1.60 bits per heavy atom. The third-order valence-corrected chi connectivity index (χ3v) is 4.43. The van der Waals surface area contributed by atoms with Crippen LogP contribution in [-0.4, -0.2) is 8.42 Å². The Labute approximate surface area is 120 Å². The van der Waals surface area contributed by atoms with Crippen LogP contribution in [0.15, 0.2) is 59.5 Å². The molecule has 0 aliphatic carbocycles. The van der Waals surface area contributed by atoms with Crippen molar-refractivity contribution in [3.63, 3.8) is 0 Å². The smallest absolute Gasteiger partial charge is 0.258 e. The predicted octanol–water partition coefficient (Wildman–Crippen LogP) is 3.85. The molecule has 0 amide bonds. The number of hydrogen-bond donors (Lipinski definition) is 0. The average Bonchev–Trinajstić information content (AvgIpc) is 2.46. The van der Waals surface area contributed by atoms with Crippen molar-refractivity contribution in [2.24, 2.45) is 0 Å². The summed E-state index contributed by atoms with van der Waals surface area (Å²) in [6.07, 6.45) is 0.136. The van der Waals surface area contributed by atoms with Gasteiger partial charge >= 0.3 is 0 Å². The molecule has 0 heterocycles. The summed E-state index contributed by atoms with van der Waals surface area (Å²) in [6.45, 7) is 3.82. The second kappa shape index (κ2) is 6.20. The third kappa shape index (κ3) is 3.46. The van der Waals surface area contributed by atoms with Gasteiger partial charge in [0.2, 0.25) is 0 Å². The van der Waals surface area contributed by atoms with Crippen molar-refractivity contribution in [3.05, 3.63) is 65.7 Å². The minimum absolute atomic E-state index is 0.192. The van der Waals surface area contributed by atoms with E-state index >= 15 is 0 Å². The molecule has 4 heteroatoms. The normalized spacial score (nSPS) is 13.1. The molecule has 0 spiro atoms. The SMILES string of the molecule is CCC(OS(=O)(=O)c1ccc(C)cc1)c1ccccc1. The minimum atomic E-state index is -3.74. The number of aryl methyl sites for hydroxylation is 1. The van der Waals surface area contributed by atoms with Gasteiger partial charge in [-0.2, -0.15) is 8.42 Å². The van der Waals surface area contributed by atoms with E-state index in [9.17, 15) is 8.42 Å². The molecule has 20 heavy (non-hydrogen) atoms. The molecule has 2 aromatic carbocycles. The van der Waals surface area contributed by atoms with E-state index in [1.165, 1.54) is 0 Å². The lowest BCUT2D eigenvalue weighted by Crippen LogP contribution is -2.12. The van der Waals surface area contributed by atoms with Gasteiger partial charge in [0.25, 0.3) is 10.1 Å². The molecule has 0 radical (unpaired) electrons. The first-order chi connectivity index (χ1) is 9.53. The Kier molecular flexibility index (Phi) is 4.57. The second-order valence-electron chi connectivity index (χ2n) is 4.67. The fraction of sp³-hybridized carbons (Fsp3) is 0.250. The van der Waals surface area contributed by atoms with Crippen molar-refractivity contribution in [1.29, 1.82) is 0 Å². The zero-order valence-corrected chi connectivity index (χ0v) is 12.4. The van der Waals surface area contributed by atoms with Gasteiger partial charge in [0.15, 0.2) is 0 Å². The lowest BCUT2D eigenvalue weighted by atomic mass is 10.1. The van der Waals surface area contributed by atoms with Gasteiger partial charge in [0.1, 0.15) is 6.10 Å². The summed E-state index contributed by atoms with van der Waals surface area (Å²) in [5.41, 5.74) is 1.88. The maximum absolute atomic E-state index is 12.3. The van der Waals surface area contributed by atoms with Gasteiger partial charge in [0, 0.05) is 0 Å². The van der Waals surface area contributed by atoms with Crippen LogP contribution in [0, 0.1) is 6.92 Å². The van der Waals surface area contributed by atoms with Gasteiger partial charge < -0.3 is 0 Å². The lowest BCUT2D eigenvalue weighted by Gasteiger charge is -2.16. The van der Waals surface area contributed by atoms with Crippen LogP contribution in [0.5, 0.6) is 0 Å². The van der Waals surface area contributed by atoms with Gasteiger partial charge in [0.05, 0.1) is 4.90 Å². The molecule has 0 aromatic heterocycles. The Balaban J connectivity index is 2.24. The third-order valence-electron chi connectivity index (χ3n) is 3.09. The molecule has 2 rings (SSSR count). The second-order valence-corrected chi connectivity index (χ2v) is 6.24. The van der Waals surface area contributed by atoms with Gasteiger partial charge in [-0.3, -0.25) is 4.18 Å². The first-order valence-corrected chi connectivity index (χ1v) is 7.98. The molecular formula is C16H18O3S. The standard InChI is InChI=1S/C16H18O3S/c1-3-16(14-7-5-4-6-8-14)19-20(17,18)15-11-9-13(2)10-12-15/h4-12,16H,3H2,1-2H3. The minimum Gasteiger partial charge on any atom is -0.258 e. The highest BCUT2D eigenvalue weighted by atomic mass is 32.2. The van der Waals surface area contributed by atoms with Crippen LogP contribution in [0.4, 0.5) is 0 Å². The molecule has 3 nitrogen and oxygen atoms in total. The zero-order valence-electron chi connectivity index (χ0n) is 11.6. The summed E-state index contributed by atoms with van der Waals surface area (Å²) >= 11 is 0. The maximum atomic E-state index is 12.3. The Morgan fingerprint density at radius 3 is 2.15 bits per heavy atom. The molecule has 1 unspecified atom stereocenters. The summed E-state index contributed by atoms with van der Waals surface area (Å²) < 4.78 is 29.9.